The number of carbonyl (C=O) groups excluding carboxylic acids is 1. The molecule has 0 fully saturated rings. The number of hydrogen-bond acceptors (Lipinski definition) is 3. The van der Waals surface area contributed by atoms with Crippen molar-refractivity contribution in [1.82, 2.24) is 4.90 Å². The average Bonchev–Trinajstić information content (AvgIpc) is 3.13. The Morgan fingerprint density at radius 1 is 0.931 bits per heavy atom. The Hall–Kier alpha value is -2.14. The summed E-state index contributed by atoms with van der Waals surface area (Å²) in [6, 6.07) is 15.3. The smallest absolute Gasteiger partial charge is 0.223 e. The fourth-order valence-electron chi connectivity index (χ4n) is 4.38. The molecule has 3 atom stereocenters. The summed E-state index contributed by atoms with van der Waals surface area (Å²) in [7, 11) is -0.211. The van der Waals surface area contributed by atoms with E-state index in [0.717, 1.165) is 17.5 Å². The number of sulfone groups is 1. The molecule has 0 saturated heterocycles. The number of benzene rings is 2. The molecule has 4 rings (SSSR count). The lowest BCUT2D eigenvalue weighted by molar-refractivity contribution is -0.128. The highest BCUT2D eigenvalue weighted by molar-refractivity contribution is 7.92. The molecule has 0 saturated carbocycles. The zero-order valence-corrected chi connectivity index (χ0v) is 19.2. The van der Waals surface area contributed by atoms with Crippen molar-refractivity contribution in [1.29, 1.82) is 0 Å². The number of fused-ring (bicyclic) bond motifs is 5. The average molecular weight is 416 g/mol. The number of hydrogen-bond donors (Lipinski definition) is 0. The summed E-state index contributed by atoms with van der Waals surface area (Å²) in [5.41, 5.74) is 3.19. The van der Waals surface area contributed by atoms with Crippen molar-refractivity contribution in [2.24, 2.45) is 0 Å². The summed E-state index contributed by atoms with van der Waals surface area (Å²) in [5, 5.41) is -0.703. The van der Waals surface area contributed by atoms with Crippen LogP contribution < -0.4 is 0 Å². The van der Waals surface area contributed by atoms with Crippen molar-refractivity contribution in [2.45, 2.75) is 62.5 Å². The summed E-state index contributed by atoms with van der Waals surface area (Å²) >= 11 is 0. The zero-order valence-electron chi connectivity index (χ0n) is 18.3. The van der Waals surface area contributed by atoms with E-state index < -0.39 is 15.1 Å². The van der Waals surface area contributed by atoms with E-state index in [1.54, 1.807) is 26.2 Å². The van der Waals surface area contributed by atoms with Gasteiger partial charge in [-0.15, -0.1) is 0 Å². The van der Waals surface area contributed by atoms with Crippen LogP contribution in [0.2, 0.25) is 0 Å². The molecule has 2 aromatic rings. The van der Waals surface area contributed by atoms with Gasteiger partial charge >= 0.3 is 0 Å². The quantitative estimate of drug-likeness (QED) is 0.708. The van der Waals surface area contributed by atoms with Gasteiger partial charge in [0.2, 0.25) is 5.91 Å². The normalized spacial score (nSPS) is 22.5. The topological polar surface area (TPSA) is 54.5 Å². The van der Waals surface area contributed by atoms with Gasteiger partial charge in [-0.1, -0.05) is 70.2 Å². The molecule has 29 heavy (non-hydrogen) atoms. The summed E-state index contributed by atoms with van der Waals surface area (Å²) in [6.45, 7) is 8.00. The Morgan fingerprint density at radius 3 is 2.10 bits per heavy atom. The summed E-state index contributed by atoms with van der Waals surface area (Å²) in [4.78, 5) is 14.3. The van der Waals surface area contributed by atoms with Crippen LogP contribution >= 0.6 is 0 Å². The van der Waals surface area contributed by atoms with Gasteiger partial charge in [0.1, 0.15) is 0 Å². The number of rotatable bonds is 2. The minimum absolute atomic E-state index is 0.0270. The maximum atomic E-state index is 13.3. The Bertz CT molecular complexity index is 950. The monoisotopic (exact) mass is 415 g/mol. The Morgan fingerprint density at radius 2 is 1.48 bits per heavy atom. The van der Waals surface area contributed by atoms with Crippen molar-refractivity contribution in [3.63, 3.8) is 0 Å². The molecular weight excluding hydrogens is 382 g/mol. The van der Waals surface area contributed by atoms with E-state index in [1.807, 2.05) is 58.0 Å². The SMILES string of the molecule is CC.CC.CN(C)C(=O)CC1C2c3ccccc3CC2c2ccccc2S1(=O)=O. The molecular formula is C24H33NO3S. The maximum absolute atomic E-state index is 13.3. The van der Waals surface area contributed by atoms with Crippen LogP contribution in [0.4, 0.5) is 0 Å². The zero-order chi connectivity index (χ0) is 21.8. The fraction of sp³-hybridized carbons (Fsp3) is 0.458. The van der Waals surface area contributed by atoms with E-state index in [1.165, 1.54) is 10.5 Å². The first kappa shape index (κ1) is 23.1. The van der Waals surface area contributed by atoms with Gasteiger partial charge in [0.25, 0.3) is 0 Å². The van der Waals surface area contributed by atoms with Crippen molar-refractivity contribution in [3.05, 3.63) is 65.2 Å². The minimum Gasteiger partial charge on any atom is -0.349 e. The van der Waals surface area contributed by atoms with Crippen LogP contribution in [0.5, 0.6) is 0 Å². The predicted molar refractivity (Wildman–Crippen MR) is 119 cm³/mol. The van der Waals surface area contributed by atoms with Gasteiger partial charge < -0.3 is 4.90 Å². The summed E-state index contributed by atoms with van der Waals surface area (Å²) in [6.07, 6.45) is 0.860. The van der Waals surface area contributed by atoms with E-state index in [-0.39, 0.29) is 24.2 Å². The second-order valence-corrected chi connectivity index (χ2v) is 9.28. The lowest BCUT2D eigenvalue weighted by Gasteiger charge is -2.36. The molecule has 2 aliphatic rings. The molecule has 0 aromatic heterocycles. The van der Waals surface area contributed by atoms with Gasteiger partial charge in [-0.25, -0.2) is 8.42 Å². The second kappa shape index (κ2) is 9.57. The first-order chi connectivity index (χ1) is 13.9. The maximum Gasteiger partial charge on any atom is 0.223 e. The molecule has 1 aliphatic carbocycles. The molecule has 0 spiro atoms. The molecule has 0 bridgehead atoms. The first-order valence-electron chi connectivity index (χ1n) is 10.5. The van der Waals surface area contributed by atoms with Crippen molar-refractivity contribution in [2.75, 3.05) is 14.1 Å². The van der Waals surface area contributed by atoms with Crippen LogP contribution in [0.15, 0.2) is 53.4 Å². The molecule has 1 aliphatic heterocycles. The number of amides is 1. The van der Waals surface area contributed by atoms with E-state index in [9.17, 15) is 13.2 Å². The Balaban J connectivity index is 0.000000707. The largest absolute Gasteiger partial charge is 0.349 e. The highest BCUT2D eigenvalue weighted by Crippen LogP contribution is 2.54. The molecule has 5 heteroatoms. The van der Waals surface area contributed by atoms with Crippen LogP contribution in [0.25, 0.3) is 0 Å². The lowest BCUT2D eigenvalue weighted by atomic mass is 9.82. The predicted octanol–water partition coefficient (Wildman–Crippen LogP) is 4.80. The third-order valence-corrected chi connectivity index (χ3v) is 7.83. The molecule has 1 heterocycles. The summed E-state index contributed by atoms with van der Waals surface area (Å²) < 4.78 is 26.7. The summed E-state index contributed by atoms with van der Waals surface area (Å²) in [5.74, 6) is -0.173. The van der Waals surface area contributed by atoms with E-state index in [0.29, 0.717) is 4.90 Å². The molecule has 4 nitrogen and oxygen atoms in total. The molecule has 0 N–H and O–H groups in total. The van der Waals surface area contributed by atoms with Crippen LogP contribution in [0.3, 0.4) is 0 Å². The fourth-order valence-corrected chi connectivity index (χ4v) is 6.61. The highest BCUT2D eigenvalue weighted by Gasteiger charge is 2.50. The molecule has 2 aromatic carbocycles. The van der Waals surface area contributed by atoms with Crippen molar-refractivity contribution >= 4 is 15.7 Å². The van der Waals surface area contributed by atoms with Crippen LogP contribution in [-0.4, -0.2) is 38.6 Å². The van der Waals surface area contributed by atoms with Gasteiger partial charge in [-0.2, -0.15) is 0 Å². The second-order valence-electron chi connectivity index (χ2n) is 7.15. The Kier molecular flexibility index (Phi) is 7.64. The number of carbonyl (C=O) groups is 1. The lowest BCUT2D eigenvalue weighted by Crippen LogP contribution is -2.39. The van der Waals surface area contributed by atoms with Gasteiger partial charge in [-0.3, -0.25) is 4.79 Å². The molecule has 3 unspecified atom stereocenters. The van der Waals surface area contributed by atoms with Gasteiger partial charge in [0.05, 0.1) is 10.1 Å². The first-order valence-corrected chi connectivity index (χ1v) is 12.1. The van der Waals surface area contributed by atoms with Gasteiger partial charge in [0, 0.05) is 26.4 Å². The number of nitrogens with zero attached hydrogens (tertiary/aromatic N) is 1. The minimum atomic E-state index is -3.56. The van der Waals surface area contributed by atoms with Crippen LogP contribution in [0.1, 0.15) is 62.6 Å². The van der Waals surface area contributed by atoms with Gasteiger partial charge in [0.15, 0.2) is 9.84 Å². The van der Waals surface area contributed by atoms with Crippen molar-refractivity contribution in [3.8, 4) is 0 Å². The highest BCUT2D eigenvalue weighted by atomic mass is 32.2. The van der Waals surface area contributed by atoms with Crippen LogP contribution in [0, 0.1) is 0 Å². The third kappa shape index (κ3) is 4.11. The molecule has 158 valence electrons. The third-order valence-electron chi connectivity index (χ3n) is 5.59. The Labute approximate surface area is 175 Å². The van der Waals surface area contributed by atoms with E-state index >= 15 is 0 Å². The van der Waals surface area contributed by atoms with Gasteiger partial charge in [-0.05, 0) is 35.1 Å². The van der Waals surface area contributed by atoms with Crippen LogP contribution in [-0.2, 0) is 21.1 Å². The standard InChI is InChI=1S/C20H21NO3S.2C2H6/c1-21(2)19(22)12-18-20-14-8-4-3-7-13(14)11-16(20)15-9-5-6-10-17(15)25(18,23)24;2*1-2/h3-10,16,18,20H,11-12H2,1-2H3;2*1-2H3. The van der Waals surface area contributed by atoms with E-state index in [4.69, 9.17) is 0 Å². The molecule has 1 amide bonds. The van der Waals surface area contributed by atoms with E-state index in [2.05, 4.69) is 6.07 Å². The van der Waals surface area contributed by atoms with Crippen molar-refractivity contribution < 1.29 is 13.2 Å². The molecule has 0 radical (unpaired) electrons.